The van der Waals surface area contributed by atoms with Crippen molar-refractivity contribution in [3.8, 4) is 0 Å². The maximum absolute atomic E-state index is 12.3. The molecule has 0 aliphatic rings. The molecule has 0 spiro atoms. The van der Waals surface area contributed by atoms with E-state index < -0.39 is 0 Å². The van der Waals surface area contributed by atoms with E-state index in [1.807, 2.05) is 36.6 Å². The zero-order chi connectivity index (χ0) is 20.9. The average molecular weight is 416 g/mol. The lowest BCUT2D eigenvalue weighted by Crippen LogP contribution is -2.19. The minimum absolute atomic E-state index is 0.0446. The van der Waals surface area contributed by atoms with Crippen LogP contribution in [0.1, 0.15) is 34.8 Å². The van der Waals surface area contributed by atoms with E-state index in [0.717, 1.165) is 16.4 Å². The van der Waals surface area contributed by atoms with Crippen LogP contribution in [0.3, 0.4) is 0 Å². The van der Waals surface area contributed by atoms with Crippen LogP contribution in [0.5, 0.6) is 0 Å². The highest BCUT2D eigenvalue weighted by atomic mass is 32.1. The van der Waals surface area contributed by atoms with Gasteiger partial charge in [0.2, 0.25) is 5.91 Å². The van der Waals surface area contributed by atoms with Crippen molar-refractivity contribution in [1.29, 1.82) is 0 Å². The quantitative estimate of drug-likeness (QED) is 0.411. The van der Waals surface area contributed by atoms with Gasteiger partial charge >= 0.3 is 0 Å². The summed E-state index contributed by atoms with van der Waals surface area (Å²) in [7, 11) is 0. The van der Waals surface area contributed by atoms with E-state index in [-0.39, 0.29) is 18.4 Å². The number of hydrogen-bond donors (Lipinski definition) is 2. The zero-order valence-electron chi connectivity index (χ0n) is 17.2. The van der Waals surface area contributed by atoms with E-state index >= 15 is 0 Å². The van der Waals surface area contributed by atoms with Gasteiger partial charge < -0.3 is 10.6 Å². The third-order valence-corrected chi connectivity index (χ3v) is 6.02. The molecule has 1 aromatic heterocycles. The Morgan fingerprint density at radius 1 is 1.03 bits per heavy atom. The van der Waals surface area contributed by atoms with Crippen LogP contribution in [0.2, 0.25) is 0 Å². The zero-order valence-corrected chi connectivity index (χ0v) is 18.0. The topological polar surface area (TPSA) is 54.0 Å². The van der Waals surface area contributed by atoms with E-state index in [1.165, 1.54) is 33.2 Å². The van der Waals surface area contributed by atoms with Gasteiger partial charge in [0.25, 0.3) is 0 Å². The van der Waals surface area contributed by atoms with Gasteiger partial charge in [-0.3, -0.25) is 4.79 Å². The van der Waals surface area contributed by atoms with Gasteiger partial charge in [0.1, 0.15) is 5.01 Å². The Bertz CT molecular complexity index is 1150. The summed E-state index contributed by atoms with van der Waals surface area (Å²) in [5, 5.41) is 11.9. The number of amides is 1. The van der Waals surface area contributed by atoms with E-state index in [0.29, 0.717) is 6.54 Å². The molecule has 0 aliphatic heterocycles. The SMILES string of the molecule is Cc1ccc(NC(=O)Cc2nc(CNC(C)c3cccc4ccccc34)cs2)cc1. The van der Waals surface area contributed by atoms with E-state index in [9.17, 15) is 4.79 Å². The first-order valence-electron chi connectivity index (χ1n) is 10.1. The number of hydrogen-bond acceptors (Lipinski definition) is 4. The summed E-state index contributed by atoms with van der Waals surface area (Å²) in [6, 6.07) is 22.9. The summed E-state index contributed by atoms with van der Waals surface area (Å²) in [4.78, 5) is 16.9. The van der Waals surface area contributed by atoms with Gasteiger partial charge in [-0.1, -0.05) is 60.2 Å². The first-order valence-corrected chi connectivity index (χ1v) is 11.0. The van der Waals surface area contributed by atoms with Gasteiger partial charge in [0, 0.05) is 23.7 Å². The molecule has 0 bridgehead atoms. The summed E-state index contributed by atoms with van der Waals surface area (Å²) >= 11 is 1.53. The van der Waals surface area contributed by atoms with Gasteiger partial charge in [0.15, 0.2) is 0 Å². The molecule has 0 aliphatic carbocycles. The molecule has 0 radical (unpaired) electrons. The van der Waals surface area contributed by atoms with Crippen molar-refractivity contribution < 1.29 is 4.79 Å². The van der Waals surface area contributed by atoms with Crippen LogP contribution < -0.4 is 10.6 Å². The first-order chi connectivity index (χ1) is 14.6. The predicted octanol–water partition coefficient (Wildman–Crippen LogP) is 5.64. The lowest BCUT2D eigenvalue weighted by Gasteiger charge is -2.16. The third-order valence-electron chi connectivity index (χ3n) is 5.13. The van der Waals surface area contributed by atoms with Crippen molar-refractivity contribution in [2.45, 2.75) is 32.9 Å². The fraction of sp³-hybridized carbons (Fsp3) is 0.200. The Balaban J connectivity index is 1.34. The predicted molar refractivity (Wildman–Crippen MR) is 125 cm³/mol. The van der Waals surface area contributed by atoms with Gasteiger partial charge in [-0.2, -0.15) is 0 Å². The number of benzene rings is 3. The third kappa shape index (κ3) is 4.93. The molecule has 3 aromatic carbocycles. The number of anilines is 1. The molecular formula is C25H25N3OS. The van der Waals surface area contributed by atoms with Gasteiger partial charge in [-0.05, 0) is 42.3 Å². The van der Waals surface area contributed by atoms with Crippen molar-refractivity contribution in [3.05, 3.63) is 93.9 Å². The van der Waals surface area contributed by atoms with Crippen molar-refractivity contribution in [3.63, 3.8) is 0 Å². The van der Waals surface area contributed by atoms with Crippen LogP contribution in [-0.2, 0) is 17.8 Å². The maximum atomic E-state index is 12.3. The molecule has 2 N–H and O–H groups in total. The number of carbonyl (C=O) groups is 1. The Hall–Kier alpha value is -3.02. The average Bonchev–Trinajstić information content (AvgIpc) is 3.20. The smallest absolute Gasteiger partial charge is 0.231 e. The Morgan fingerprint density at radius 2 is 1.80 bits per heavy atom. The molecule has 1 atom stereocenters. The summed E-state index contributed by atoms with van der Waals surface area (Å²) in [5.41, 5.74) is 4.22. The molecule has 1 unspecified atom stereocenters. The van der Waals surface area contributed by atoms with E-state index in [4.69, 9.17) is 0 Å². The molecule has 4 nitrogen and oxygen atoms in total. The molecular weight excluding hydrogens is 390 g/mol. The van der Waals surface area contributed by atoms with Crippen LogP contribution in [0.15, 0.2) is 72.1 Å². The largest absolute Gasteiger partial charge is 0.326 e. The minimum Gasteiger partial charge on any atom is -0.326 e. The van der Waals surface area contributed by atoms with Crippen LogP contribution in [0.25, 0.3) is 10.8 Å². The molecule has 4 aromatic rings. The van der Waals surface area contributed by atoms with Crippen molar-refractivity contribution in [1.82, 2.24) is 10.3 Å². The maximum Gasteiger partial charge on any atom is 0.231 e. The number of thiazole rings is 1. The standard InChI is InChI=1S/C25H25N3OS/c1-17-10-12-20(13-11-17)27-24(29)14-25-28-21(16-30-25)15-26-18(2)22-9-5-7-19-6-3-4-8-23(19)22/h3-13,16,18,26H,14-15H2,1-2H3,(H,27,29). The highest BCUT2D eigenvalue weighted by Gasteiger charge is 2.11. The lowest BCUT2D eigenvalue weighted by atomic mass is 10.00. The summed E-state index contributed by atoms with van der Waals surface area (Å²) in [6.45, 7) is 4.86. The molecule has 152 valence electrons. The highest BCUT2D eigenvalue weighted by molar-refractivity contribution is 7.09. The summed E-state index contributed by atoms with van der Waals surface area (Å²) in [6.07, 6.45) is 0.289. The Kier molecular flexibility index (Phi) is 6.21. The summed E-state index contributed by atoms with van der Waals surface area (Å²) < 4.78 is 0. The van der Waals surface area contributed by atoms with Crippen LogP contribution in [0, 0.1) is 6.92 Å². The molecule has 1 amide bonds. The van der Waals surface area contributed by atoms with E-state index in [2.05, 4.69) is 65.0 Å². The molecule has 1 heterocycles. The Labute approximate surface area is 181 Å². The second kappa shape index (κ2) is 9.20. The molecule has 0 fully saturated rings. The van der Waals surface area contributed by atoms with Gasteiger partial charge in [-0.25, -0.2) is 4.98 Å². The number of fused-ring (bicyclic) bond motifs is 1. The number of nitrogens with one attached hydrogen (secondary N) is 2. The monoisotopic (exact) mass is 415 g/mol. The fourth-order valence-electron chi connectivity index (χ4n) is 3.49. The van der Waals surface area contributed by atoms with Crippen molar-refractivity contribution >= 4 is 33.7 Å². The van der Waals surface area contributed by atoms with Gasteiger partial charge in [0.05, 0.1) is 12.1 Å². The normalized spacial score (nSPS) is 12.1. The fourth-order valence-corrected chi connectivity index (χ4v) is 4.28. The number of nitrogens with zero attached hydrogens (tertiary/aromatic N) is 1. The number of aryl methyl sites for hydroxylation is 1. The Morgan fingerprint density at radius 3 is 2.63 bits per heavy atom. The molecule has 0 saturated carbocycles. The molecule has 5 heteroatoms. The van der Waals surface area contributed by atoms with Crippen LogP contribution in [0.4, 0.5) is 5.69 Å². The van der Waals surface area contributed by atoms with Crippen LogP contribution in [-0.4, -0.2) is 10.9 Å². The minimum atomic E-state index is -0.0446. The number of aromatic nitrogens is 1. The van der Waals surface area contributed by atoms with Crippen molar-refractivity contribution in [2.24, 2.45) is 0 Å². The second-order valence-corrected chi connectivity index (χ2v) is 8.44. The second-order valence-electron chi connectivity index (χ2n) is 7.49. The molecule has 30 heavy (non-hydrogen) atoms. The molecule has 0 saturated heterocycles. The summed E-state index contributed by atoms with van der Waals surface area (Å²) in [5.74, 6) is -0.0446. The first kappa shape index (κ1) is 20.3. The number of carbonyl (C=O) groups excluding carboxylic acids is 1. The van der Waals surface area contributed by atoms with Crippen molar-refractivity contribution in [2.75, 3.05) is 5.32 Å². The van der Waals surface area contributed by atoms with E-state index in [1.54, 1.807) is 0 Å². The lowest BCUT2D eigenvalue weighted by molar-refractivity contribution is -0.115. The molecule has 4 rings (SSSR count). The van der Waals surface area contributed by atoms with Gasteiger partial charge in [-0.15, -0.1) is 11.3 Å². The highest BCUT2D eigenvalue weighted by Crippen LogP contribution is 2.24. The van der Waals surface area contributed by atoms with Crippen LogP contribution >= 0.6 is 11.3 Å². The number of rotatable bonds is 7.